The van der Waals surface area contributed by atoms with Gasteiger partial charge < -0.3 is 20.1 Å². The molecule has 0 spiro atoms. The third-order valence-corrected chi connectivity index (χ3v) is 7.03. The first-order chi connectivity index (χ1) is 19.5. The van der Waals surface area contributed by atoms with Crippen LogP contribution < -0.4 is 25.5 Å². The van der Waals surface area contributed by atoms with Gasteiger partial charge in [-0.3, -0.25) is 14.4 Å². The van der Waals surface area contributed by atoms with E-state index in [2.05, 4.69) is 57.6 Å². The van der Waals surface area contributed by atoms with E-state index in [4.69, 9.17) is 9.47 Å². The standard InChI is InChI=1S/C31H35IN4O5/c1-18(2)24-9-7-22(8-10-24)15-33-30(38)31(39)36-34-16-23-13-25(32)29(26(14-23)40-6)41-17-27(37)35-28-20(4)11-19(3)12-21(28)5/h7-14,16,18H,15,17H2,1-6H3,(H,33,38)(H,35,37)(H,36,39)/b34-16-. The molecule has 41 heavy (non-hydrogen) atoms. The third kappa shape index (κ3) is 9.04. The molecule has 3 aromatic rings. The number of carbonyl (C=O) groups is 3. The number of hydrazone groups is 1. The number of anilines is 1. The van der Waals surface area contributed by atoms with Crippen molar-refractivity contribution in [2.45, 2.75) is 47.1 Å². The van der Waals surface area contributed by atoms with E-state index in [1.54, 1.807) is 12.1 Å². The van der Waals surface area contributed by atoms with Gasteiger partial charge >= 0.3 is 11.8 Å². The molecule has 3 N–H and O–H groups in total. The maximum absolute atomic E-state index is 12.6. The van der Waals surface area contributed by atoms with Crippen LogP contribution in [0.5, 0.6) is 11.5 Å². The number of amides is 3. The van der Waals surface area contributed by atoms with Crippen molar-refractivity contribution >= 4 is 52.2 Å². The van der Waals surface area contributed by atoms with E-state index in [0.717, 1.165) is 27.9 Å². The molecule has 0 atom stereocenters. The Morgan fingerprint density at radius 3 is 2.24 bits per heavy atom. The summed E-state index contributed by atoms with van der Waals surface area (Å²) in [5.41, 5.74) is 8.78. The van der Waals surface area contributed by atoms with Crippen LogP contribution in [-0.4, -0.2) is 37.7 Å². The molecule has 0 unspecified atom stereocenters. The molecule has 3 aromatic carbocycles. The van der Waals surface area contributed by atoms with Gasteiger partial charge in [0.25, 0.3) is 5.91 Å². The summed E-state index contributed by atoms with van der Waals surface area (Å²) in [4.78, 5) is 36.9. The molecule has 216 valence electrons. The summed E-state index contributed by atoms with van der Waals surface area (Å²) in [6.45, 7) is 10.1. The monoisotopic (exact) mass is 670 g/mol. The Hall–Kier alpha value is -3.93. The molecule has 0 aromatic heterocycles. The summed E-state index contributed by atoms with van der Waals surface area (Å²) in [6.07, 6.45) is 1.39. The highest BCUT2D eigenvalue weighted by atomic mass is 127. The highest BCUT2D eigenvalue weighted by Crippen LogP contribution is 2.33. The molecule has 3 amide bonds. The average Bonchev–Trinajstić information content (AvgIpc) is 2.92. The maximum Gasteiger partial charge on any atom is 0.329 e. The molecule has 0 radical (unpaired) electrons. The van der Waals surface area contributed by atoms with Crippen LogP contribution in [0.2, 0.25) is 0 Å². The van der Waals surface area contributed by atoms with Crippen molar-refractivity contribution < 1.29 is 23.9 Å². The van der Waals surface area contributed by atoms with E-state index >= 15 is 0 Å². The number of ether oxygens (including phenoxy) is 2. The van der Waals surface area contributed by atoms with Crippen molar-refractivity contribution in [2.24, 2.45) is 5.10 Å². The molecule has 10 heteroatoms. The topological polar surface area (TPSA) is 118 Å². The highest BCUT2D eigenvalue weighted by molar-refractivity contribution is 14.1. The number of hydrogen-bond acceptors (Lipinski definition) is 6. The largest absolute Gasteiger partial charge is 0.493 e. The lowest BCUT2D eigenvalue weighted by Crippen LogP contribution is -2.37. The number of rotatable bonds is 10. The number of carbonyl (C=O) groups excluding carboxylic acids is 3. The predicted molar refractivity (Wildman–Crippen MR) is 169 cm³/mol. The third-order valence-electron chi connectivity index (χ3n) is 6.23. The van der Waals surface area contributed by atoms with Crippen molar-refractivity contribution in [1.29, 1.82) is 0 Å². The first-order valence-corrected chi connectivity index (χ1v) is 14.1. The van der Waals surface area contributed by atoms with Gasteiger partial charge in [0, 0.05) is 12.2 Å². The predicted octanol–water partition coefficient (Wildman–Crippen LogP) is 5.13. The summed E-state index contributed by atoms with van der Waals surface area (Å²) >= 11 is 2.07. The fraction of sp³-hybridized carbons (Fsp3) is 0.290. The number of hydrogen-bond donors (Lipinski definition) is 3. The van der Waals surface area contributed by atoms with E-state index in [9.17, 15) is 14.4 Å². The number of halogens is 1. The number of nitrogens with one attached hydrogen (secondary N) is 3. The second kappa shape index (κ2) is 14.6. The first-order valence-electron chi connectivity index (χ1n) is 13.1. The Morgan fingerprint density at radius 1 is 0.976 bits per heavy atom. The molecule has 0 fully saturated rings. The fourth-order valence-electron chi connectivity index (χ4n) is 4.14. The Kier molecular flexibility index (Phi) is 11.3. The normalized spacial score (nSPS) is 10.9. The average molecular weight is 671 g/mol. The first kappa shape index (κ1) is 31.6. The van der Waals surface area contributed by atoms with Crippen molar-refractivity contribution in [2.75, 3.05) is 19.0 Å². The zero-order chi connectivity index (χ0) is 30.1. The van der Waals surface area contributed by atoms with Crippen LogP contribution in [0.3, 0.4) is 0 Å². The molecule has 3 rings (SSSR count). The molecule has 0 aliphatic rings. The van der Waals surface area contributed by atoms with Crippen LogP contribution in [0.25, 0.3) is 0 Å². The van der Waals surface area contributed by atoms with Gasteiger partial charge in [0.15, 0.2) is 18.1 Å². The van der Waals surface area contributed by atoms with Gasteiger partial charge in [0.2, 0.25) is 0 Å². The minimum atomic E-state index is -0.883. The van der Waals surface area contributed by atoms with Crippen LogP contribution in [0.15, 0.2) is 53.6 Å². The highest BCUT2D eigenvalue weighted by Gasteiger charge is 2.16. The van der Waals surface area contributed by atoms with Gasteiger partial charge in [-0.1, -0.05) is 55.8 Å². The van der Waals surface area contributed by atoms with Gasteiger partial charge in [-0.05, 0) is 89.2 Å². The zero-order valence-electron chi connectivity index (χ0n) is 24.1. The maximum atomic E-state index is 12.6. The second-order valence-corrected chi connectivity index (χ2v) is 11.1. The van der Waals surface area contributed by atoms with Crippen molar-refractivity contribution in [3.05, 3.63) is 85.5 Å². The number of methoxy groups -OCH3 is 1. The smallest absolute Gasteiger partial charge is 0.329 e. The fourth-order valence-corrected chi connectivity index (χ4v) is 4.93. The minimum absolute atomic E-state index is 0.209. The van der Waals surface area contributed by atoms with Crippen LogP contribution in [0.1, 0.15) is 53.1 Å². The van der Waals surface area contributed by atoms with Crippen molar-refractivity contribution in [3.8, 4) is 11.5 Å². The molecule has 0 bridgehead atoms. The van der Waals surface area contributed by atoms with Crippen LogP contribution in [0, 0.1) is 24.3 Å². The number of aryl methyl sites for hydroxylation is 3. The SMILES string of the molecule is COc1cc(/C=N\NC(=O)C(=O)NCc2ccc(C(C)C)cc2)cc(I)c1OCC(=O)Nc1c(C)cc(C)cc1C. The zero-order valence-corrected chi connectivity index (χ0v) is 26.2. The summed E-state index contributed by atoms with van der Waals surface area (Å²) in [5, 5.41) is 9.39. The molecule has 0 heterocycles. The van der Waals surface area contributed by atoms with E-state index in [-0.39, 0.29) is 19.1 Å². The molecule has 0 aliphatic carbocycles. The van der Waals surface area contributed by atoms with E-state index < -0.39 is 11.8 Å². The van der Waals surface area contributed by atoms with Gasteiger partial charge in [-0.25, -0.2) is 5.43 Å². The lowest BCUT2D eigenvalue weighted by atomic mass is 10.0. The van der Waals surface area contributed by atoms with E-state index in [1.165, 1.54) is 18.9 Å². The lowest BCUT2D eigenvalue weighted by molar-refractivity contribution is -0.139. The Balaban J connectivity index is 1.55. The van der Waals surface area contributed by atoms with Gasteiger partial charge in [0.05, 0.1) is 16.9 Å². The van der Waals surface area contributed by atoms with Crippen molar-refractivity contribution in [3.63, 3.8) is 0 Å². The van der Waals surface area contributed by atoms with E-state index in [1.807, 2.05) is 57.2 Å². The molecule has 0 aliphatic heterocycles. The van der Waals surface area contributed by atoms with Crippen LogP contribution in [0.4, 0.5) is 5.69 Å². The summed E-state index contributed by atoms with van der Waals surface area (Å²) in [7, 11) is 1.49. The van der Waals surface area contributed by atoms with Crippen molar-refractivity contribution in [1.82, 2.24) is 10.7 Å². The quantitative estimate of drug-likeness (QED) is 0.120. The van der Waals surface area contributed by atoms with E-state index in [0.29, 0.717) is 26.6 Å². The Morgan fingerprint density at radius 2 is 1.63 bits per heavy atom. The summed E-state index contributed by atoms with van der Waals surface area (Å²) in [6, 6.07) is 15.3. The van der Waals surface area contributed by atoms with Crippen LogP contribution in [-0.2, 0) is 20.9 Å². The molecule has 9 nitrogen and oxygen atoms in total. The van der Waals surface area contributed by atoms with Gasteiger partial charge in [-0.15, -0.1) is 0 Å². The second-order valence-electron chi connectivity index (χ2n) is 9.92. The number of benzene rings is 3. The Labute approximate surface area is 254 Å². The van der Waals surface area contributed by atoms with Gasteiger partial charge in [-0.2, -0.15) is 5.10 Å². The summed E-state index contributed by atoms with van der Waals surface area (Å²) in [5.74, 6) is -0.757. The minimum Gasteiger partial charge on any atom is -0.493 e. The van der Waals surface area contributed by atoms with Crippen LogP contribution >= 0.6 is 22.6 Å². The molecule has 0 saturated carbocycles. The molecular weight excluding hydrogens is 635 g/mol. The lowest BCUT2D eigenvalue weighted by Gasteiger charge is -2.15. The molecular formula is C31H35IN4O5. The summed E-state index contributed by atoms with van der Waals surface area (Å²) < 4.78 is 11.9. The number of nitrogens with zero attached hydrogens (tertiary/aromatic N) is 1. The van der Waals surface area contributed by atoms with Gasteiger partial charge in [0.1, 0.15) is 0 Å². The Bertz CT molecular complexity index is 1430. The molecule has 0 saturated heterocycles.